The maximum atomic E-state index is 11.2. The molecule has 1 atom stereocenters. The molecule has 0 saturated carbocycles. The van der Waals surface area contributed by atoms with E-state index in [1.807, 2.05) is 6.07 Å². The molecule has 0 aliphatic rings. The van der Waals surface area contributed by atoms with E-state index in [-0.39, 0.29) is 5.91 Å². The van der Waals surface area contributed by atoms with Crippen LogP contribution < -0.4 is 11.1 Å². The molecule has 1 aromatic rings. The summed E-state index contributed by atoms with van der Waals surface area (Å²) in [5, 5.41) is 2.42. The standard InChI is InChI=1S/C11H13N2O2/c1-13-10(14)7-9(11(12)15)8-5-3-2-4-6-8/h2-7,9H,1H3,(H2,12,15)(H,13,14). The van der Waals surface area contributed by atoms with Crippen LogP contribution in [-0.2, 0) is 9.59 Å². The van der Waals surface area contributed by atoms with Crippen LogP contribution in [0.15, 0.2) is 30.3 Å². The van der Waals surface area contributed by atoms with E-state index in [1.54, 1.807) is 24.3 Å². The van der Waals surface area contributed by atoms with Crippen molar-refractivity contribution in [2.24, 2.45) is 5.73 Å². The molecular formula is C11H13N2O2. The molecule has 0 saturated heterocycles. The molecule has 79 valence electrons. The van der Waals surface area contributed by atoms with Gasteiger partial charge in [0, 0.05) is 7.05 Å². The summed E-state index contributed by atoms with van der Waals surface area (Å²) in [7, 11) is 1.50. The Bertz CT molecular complexity index is 349. The summed E-state index contributed by atoms with van der Waals surface area (Å²) in [5.74, 6) is -1.53. The van der Waals surface area contributed by atoms with E-state index in [1.165, 1.54) is 13.5 Å². The van der Waals surface area contributed by atoms with Gasteiger partial charge in [0.25, 0.3) is 0 Å². The van der Waals surface area contributed by atoms with Crippen molar-refractivity contribution in [3.63, 3.8) is 0 Å². The molecule has 0 heterocycles. The Morgan fingerprint density at radius 1 is 1.33 bits per heavy atom. The summed E-state index contributed by atoms with van der Waals surface area (Å²) in [6, 6.07) is 8.94. The second kappa shape index (κ2) is 5.14. The van der Waals surface area contributed by atoms with Gasteiger partial charge in [0.15, 0.2) is 0 Å². The summed E-state index contributed by atoms with van der Waals surface area (Å²) in [6.45, 7) is 0. The van der Waals surface area contributed by atoms with Gasteiger partial charge in [0.1, 0.15) is 0 Å². The molecule has 4 heteroatoms. The Morgan fingerprint density at radius 2 is 1.93 bits per heavy atom. The van der Waals surface area contributed by atoms with Gasteiger partial charge in [0.2, 0.25) is 11.8 Å². The van der Waals surface area contributed by atoms with Gasteiger partial charge < -0.3 is 11.1 Å². The van der Waals surface area contributed by atoms with Crippen molar-refractivity contribution < 1.29 is 9.59 Å². The molecule has 0 aliphatic heterocycles. The molecule has 1 unspecified atom stereocenters. The minimum Gasteiger partial charge on any atom is -0.369 e. The lowest BCUT2D eigenvalue weighted by Crippen LogP contribution is -2.28. The fraction of sp³-hybridized carbons (Fsp3) is 0.182. The molecule has 1 radical (unpaired) electrons. The minimum absolute atomic E-state index is 0.317. The first kappa shape index (κ1) is 11.2. The van der Waals surface area contributed by atoms with E-state index in [9.17, 15) is 9.59 Å². The number of hydrogen-bond donors (Lipinski definition) is 2. The van der Waals surface area contributed by atoms with Gasteiger partial charge >= 0.3 is 0 Å². The number of nitrogens with two attached hydrogens (primary N) is 1. The highest BCUT2D eigenvalue weighted by Gasteiger charge is 2.20. The topological polar surface area (TPSA) is 72.2 Å². The normalized spacial score (nSPS) is 11.8. The third-order valence-corrected chi connectivity index (χ3v) is 2.03. The second-order valence-corrected chi connectivity index (χ2v) is 3.07. The molecule has 0 aliphatic carbocycles. The summed E-state index contributed by atoms with van der Waals surface area (Å²) < 4.78 is 0. The summed E-state index contributed by atoms with van der Waals surface area (Å²) in [4.78, 5) is 22.3. The van der Waals surface area contributed by atoms with Crippen molar-refractivity contribution in [1.29, 1.82) is 0 Å². The zero-order chi connectivity index (χ0) is 11.3. The lowest BCUT2D eigenvalue weighted by atomic mass is 9.95. The largest absolute Gasteiger partial charge is 0.369 e. The van der Waals surface area contributed by atoms with Gasteiger partial charge in [-0.25, -0.2) is 0 Å². The lowest BCUT2D eigenvalue weighted by Gasteiger charge is -2.11. The average molecular weight is 205 g/mol. The van der Waals surface area contributed by atoms with Gasteiger partial charge in [-0.3, -0.25) is 9.59 Å². The van der Waals surface area contributed by atoms with Crippen molar-refractivity contribution in [2.75, 3.05) is 7.05 Å². The summed E-state index contributed by atoms with van der Waals surface area (Å²) >= 11 is 0. The van der Waals surface area contributed by atoms with Crippen LogP contribution in [-0.4, -0.2) is 18.9 Å². The Labute approximate surface area is 88.5 Å². The first-order chi connectivity index (χ1) is 7.15. The van der Waals surface area contributed by atoms with Crippen molar-refractivity contribution in [3.8, 4) is 0 Å². The molecule has 0 fully saturated rings. The summed E-state index contributed by atoms with van der Waals surface area (Å²) in [6.07, 6.45) is 1.28. The van der Waals surface area contributed by atoms with Crippen LogP contribution in [0.5, 0.6) is 0 Å². The molecule has 2 amide bonds. The van der Waals surface area contributed by atoms with E-state index in [4.69, 9.17) is 5.73 Å². The molecule has 15 heavy (non-hydrogen) atoms. The van der Waals surface area contributed by atoms with Crippen LogP contribution >= 0.6 is 0 Å². The Kier molecular flexibility index (Phi) is 3.85. The number of carbonyl (C=O) groups is 2. The number of hydrogen-bond acceptors (Lipinski definition) is 2. The quantitative estimate of drug-likeness (QED) is 0.737. The second-order valence-electron chi connectivity index (χ2n) is 3.07. The number of benzene rings is 1. The minimum atomic E-state index is -0.675. The number of carbonyl (C=O) groups excluding carboxylic acids is 2. The first-order valence-corrected chi connectivity index (χ1v) is 4.56. The maximum absolute atomic E-state index is 11.2. The van der Waals surface area contributed by atoms with Crippen molar-refractivity contribution in [1.82, 2.24) is 5.32 Å². The fourth-order valence-corrected chi connectivity index (χ4v) is 1.24. The third kappa shape index (κ3) is 3.09. The fourth-order valence-electron chi connectivity index (χ4n) is 1.24. The Balaban J connectivity index is 2.84. The maximum Gasteiger partial charge on any atom is 0.225 e. The van der Waals surface area contributed by atoms with Gasteiger partial charge in [-0.1, -0.05) is 30.3 Å². The third-order valence-electron chi connectivity index (χ3n) is 2.03. The molecule has 0 aromatic heterocycles. The number of nitrogens with one attached hydrogen (secondary N) is 1. The van der Waals surface area contributed by atoms with Crippen LogP contribution in [0.3, 0.4) is 0 Å². The van der Waals surface area contributed by atoms with Gasteiger partial charge in [-0.05, 0) is 5.56 Å². The number of amides is 2. The number of primary amides is 1. The first-order valence-electron chi connectivity index (χ1n) is 4.56. The molecule has 1 aromatic carbocycles. The Morgan fingerprint density at radius 3 is 2.40 bits per heavy atom. The SMILES string of the molecule is CNC(=O)[CH]C(C(N)=O)c1ccccc1. The average Bonchev–Trinajstić information content (AvgIpc) is 2.26. The Hall–Kier alpha value is -1.84. The van der Waals surface area contributed by atoms with E-state index in [0.29, 0.717) is 5.56 Å². The molecule has 1 rings (SSSR count). The van der Waals surface area contributed by atoms with Gasteiger partial charge in [-0.2, -0.15) is 0 Å². The van der Waals surface area contributed by atoms with Crippen LogP contribution in [0.25, 0.3) is 0 Å². The molecule has 0 bridgehead atoms. The highest BCUT2D eigenvalue weighted by molar-refractivity contribution is 5.95. The van der Waals surface area contributed by atoms with Crippen molar-refractivity contribution in [3.05, 3.63) is 42.3 Å². The van der Waals surface area contributed by atoms with E-state index in [2.05, 4.69) is 5.32 Å². The van der Waals surface area contributed by atoms with E-state index in [0.717, 1.165) is 0 Å². The van der Waals surface area contributed by atoms with Crippen LogP contribution in [0.2, 0.25) is 0 Å². The molecule has 0 spiro atoms. The molecule has 4 nitrogen and oxygen atoms in total. The molecular weight excluding hydrogens is 192 g/mol. The summed E-state index contributed by atoms with van der Waals surface area (Å²) in [5.41, 5.74) is 5.94. The monoisotopic (exact) mass is 205 g/mol. The van der Waals surface area contributed by atoms with Crippen molar-refractivity contribution in [2.45, 2.75) is 5.92 Å². The van der Waals surface area contributed by atoms with E-state index < -0.39 is 11.8 Å². The predicted molar refractivity (Wildman–Crippen MR) is 56.7 cm³/mol. The van der Waals surface area contributed by atoms with Crippen LogP contribution in [0.1, 0.15) is 11.5 Å². The van der Waals surface area contributed by atoms with Gasteiger partial charge in [-0.15, -0.1) is 0 Å². The zero-order valence-corrected chi connectivity index (χ0v) is 8.44. The predicted octanol–water partition coefficient (Wildman–Crippen LogP) is 0.206. The van der Waals surface area contributed by atoms with Crippen molar-refractivity contribution >= 4 is 11.8 Å². The van der Waals surface area contributed by atoms with Crippen LogP contribution in [0, 0.1) is 6.42 Å². The number of rotatable bonds is 4. The highest BCUT2D eigenvalue weighted by Crippen LogP contribution is 2.17. The smallest absolute Gasteiger partial charge is 0.225 e. The zero-order valence-electron chi connectivity index (χ0n) is 8.44. The van der Waals surface area contributed by atoms with Crippen LogP contribution in [0.4, 0.5) is 0 Å². The van der Waals surface area contributed by atoms with E-state index >= 15 is 0 Å². The lowest BCUT2D eigenvalue weighted by molar-refractivity contribution is -0.122. The molecule has 3 N–H and O–H groups in total. The van der Waals surface area contributed by atoms with Gasteiger partial charge in [0.05, 0.1) is 12.3 Å². The highest BCUT2D eigenvalue weighted by atomic mass is 16.2.